The van der Waals surface area contributed by atoms with E-state index in [1.165, 1.54) is 43.8 Å². The molecule has 0 fully saturated rings. The summed E-state index contributed by atoms with van der Waals surface area (Å²) < 4.78 is 6.53. The van der Waals surface area contributed by atoms with Crippen LogP contribution < -0.4 is 4.90 Å². The van der Waals surface area contributed by atoms with Gasteiger partial charge in [0.1, 0.15) is 11.2 Å². The van der Waals surface area contributed by atoms with Gasteiger partial charge in [0.15, 0.2) is 0 Å². The van der Waals surface area contributed by atoms with E-state index in [-0.39, 0.29) is 0 Å². The van der Waals surface area contributed by atoms with E-state index in [0.717, 1.165) is 50.1 Å². The topological polar surface area (TPSA) is 16.4 Å². The molecule has 0 N–H and O–H groups in total. The number of para-hydroxylation sites is 2. The van der Waals surface area contributed by atoms with Crippen LogP contribution >= 0.6 is 0 Å². The number of hydrogen-bond acceptors (Lipinski definition) is 2. The zero-order valence-electron chi connectivity index (χ0n) is 29.6. The van der Waals surface area contributed by atoms with Crippen molar-refractivity contribution in [2.75, 3.05) is 4.90 Å². The van der Waals surface area contributed by atoms with Crippen LogP contribution in [0.3, 0.4) is 0 Å². The summed E-state index contributed by atoms with van der Waals surface area (Å²) in [5, 5.41) is 7.30. The largest absolute Gasteiger partial charge is 0.456 e. The molecule has 2 nitrogen and oxygen atoms in total. The molecule has 0 saturated heterocycles. The molecular weight excluding hydrogens is 655 g/mol. The van der Waals surface area contributed by atoms with E-state index in [2.05, 4.69) is 205 Å². The summed E-state index contributed by atoms with van der Waals surface area (Å²) in [4.78, 5) is 2.26. The minimum absolute atomic E-state index is 0.868. The van der Waals surface area contributed by atoms with E-state index < -0.39 is 0 Å². The maximum atomic E-state index is 6.53. The lowest BCUT2D eigenvalue weighted by atomic mass is 9.85. The first kappa shape index (κ1) is 31.6. The fourth-order valence-electron chi connectivity index (χ4n) is 7.93. The Morgan fingerprint density at radius 3 is 1.35 bits per heavy atom. The summed E-state index contributed by atoms with van der Waals surface area (Å²) in [6.45, 7) is 0. The van der Waals surface area contributed by atoms with Crippen LogP contribution in [0.2, 0.25) is 0 Å². The molecule has 9 aromatic carbocycles. The minimum Gasteiger partial charge on any atom is -0.456 e. The van der Waals surface area contributed by atoms with Crippen molar-refractivity contribution < 1.29 is 4.42 Å². The Balaban J connectivity index is 0.987. The first-order valence-electron chi connectivity index (χ1n) is 18.4. The SMILES string of the molecule is C(=C\c1ccc2c(c1)oc1cc(N(c3ccccc3)c3ccccc3)ccc12)/c1ccc(-c2c(-c3ccccc3)c3ccccc3c3ccccc23)cc1. The lowest BCUT2D eigenvalue weighted by molar-refractivity contribution is 0.669. The molecule has 10 rings (SSSR count). The van der Waals surface area contributed by atoms with E-state index in [1.54, 1.807) is 0 Å². The van der Waals surface area contributed by atoms with Gasteiger partial charge in [0.25, 0.3) is 0 Å². The monoisotopic (exact) mass is 689 g/mol. The van der Waals surface area contributed by atoms with Crippen molar-refractivity contribution in [2.24, 2.45) is 0 Å². The molecule has 0 aliphatic carbocycles. The van der Waals surface area contributed by atoms with Gasteiger partial charge in [-0.3, -0.25) is 0 Å². The lowest BCUT2D eigenvalue weighted by Gasteiger charge is -2.25. The maximum Gasteiger partial charge on any atom is 0.137 e. The van der Waals surface area contributed by atoms with Crippen molar-refractivity contribution >= 4 is 72.7 Å². The Morgan fingerprint density at radius 1 is 0.315 bits per heavy atom. The standard InChI is InChI=1S/C52H35NO/c1-4-14-38(15-5-1)51-47-22-12-10-20-43(47)44-21-11-13-23-48(44)52(51)39-29-26-36(27-30-39)24-25-37-28-32-45-46-33-31-42(35-50(46)54-49(45)34-37)53(40-16-6-2-7-17-40)41-18-8-3-9-19-41/h1-35H/b25-24+. The van der Waals surface area contributed by atoms with Gasteiger partial charge in [-0.2, -0.15) is 0 Å². The Hall–Kier alpha value is -7.16. The van der Waals surface area contributed by atoms with Gasteiger partial charge in [-0.25, -0.2) is 0 Å². The third-order valence-electron chi connectivity index (χ3n) is 10.4. The molecule has 0 spiro atoms. The van der Waals surface area contributed by atoms with E-state index >= 15 is 0 Å². The average Bonchev–Trinajstić information content (AvgIpc) is 3.61. The first-order chi connectivity index (χ1) is 26.8. The van der Waals surface area contributed by atoms with Crippen molar-refractivity contribution in [2.45, 2.75) is 0 Å². The third kappa shape index (κ3) is 5.62. The second-order valence-corrected chi connectivity index (χ2v) is 13.7. The molecule has 54 heavy (non-hydrogen) atoms. The summed E-state index contributed by atoms with van der Waals surface area (Å²) >= 11 is 0. The molecule has 0 bridgehead atoms. The molecule has 0 aliphatic heterocycles. The minimum atomic E-state index is 0.868. The number of benzene rings is 9. The van der Waals surface area contributed by atoms with Crippen LogP contribution in [-0.4, -0.2) is 0 Å². The fraction of sp³-hybridized carbons (Fsp3) is 0. The third-order valence-corrected chi connectivity index (χ3v) is 10.4. The summed E-state index contributed by atoms with van der Waals surface area (Å²) in [6.07, 6.45) is 4.35. The predicted molar refractivity (Wildman–Crippen MR) is 230 cm³/mol. The van der Waals surface area contributed by atoms with E-state index in [1.807, 2.05) is 12.1 Å². The quantitative estimate of drug-likeness (QED) is 0.122. The van der Waals surface area contributed by atoms with Crippen LogP contribution in [0.25, 0.3) is 77.9 Å². The van der Waals surface area contributed by atoms with Crippen LogP contribution in [0.1, 0.15) is 11.1 Å². The van der Waals surface area contributed by atoms with Gasteiger partial charge in [0, 0.05) is 33.9 Å². The van der Waals surface area contributed by atoms with Gasteiger partial charge in [-0.15, -0.1) is 0 Å². The highest BCUT2D eigenvalue weighted by Crippen LogP contribution is 2.44. The highest BCUT2D eigenvalue weighted by atomic mass is 16.3. The van der Waals surface area contributed by atoms with Gasteiger partial charge >= 0.3 is 0 Å². The van der Waals surface area contributed by atoms with Crippen LogP contribution in [0, 0.1) is 0 Å². The predicted octanol–water partition coefficient (Wildman–Crippen LogP) is 14.9. The number of fused-ring (bicyclic) bond motifs is 6. The maximum absolute atomic E-state index is 6.53. The van der Waals surface area contributed by atoms with Gasteiger partial charge < -0.3 is 9.32 Å². The molecular formula is C52H35NO. The molecule has 0 amide bonds. The van der Waals surface area contributed by atoms with Crippen molar-refractivity contribution in [1.82, 2.24) is 0 Å². The first-order valence-corrected chi connectivity index (χ1v) is 18.4. The van der Waals surface area contributed by atoms with Gasteiger partial charge in [0.2, 0.25) is 0 Å². The normalized spacial score (nSPS) is 11.6. The number of anilines is 3. The number of rotatable bonds is 7. The number of nitrogens with zero attached hydrogens (tertiary/aromatic N) is 1. The lowest BCUT2D eigenvalue weighted by Crippen LogP contribution is -2.09. The van der Waals surface area contributed by atoms with Crippen molar-refractivity contribution in [3.63, 3.8) is 0 Å². The second kappa shape index (κ2) is 13.4. The number of furan rings is 1. The molecule has 10 aromatic rings. The molecule has 1 aromatic heterocycles. The Morgan fingerprint density at radius 2 is 0.759 bits per heavy atom. The zero-order valence-corrected chi connectivity index (χ0v) is 29.6. The van der Waals surface area contributed by atoms with Crippen LogP contribution in [0.4, 0.5) is 17.1 Å². The average molecular weight is 690 g/mol. The highest BCUT2D eigenvalue weighted by molar-refractivity contribution is 6.21. The van der Waals surface area contributed by atoms with Crippen molar-refractivity contribution in [3.8, 4) is 22.3 Å². The fourth-order valence-corrected chi connectivity index (χ4v) is 7.93. The summed E-state index contributed by atoms with van der Waals surface area (Å²) in [5.41, 5.74) is 12.2. The molecule has 0 unspecified atom stereocenters. The van der Waals surface area contributed by atoms with Gasteiger partial charge in [-0.05, 0) is 103 Å². The second-order valence-electron chi connectivity index (χ2n) is 13.7. The number of hydrogen-bond donors (Lipinski definition) is 0. The summed E-state index contributed by atoms with van der Waals surface area (Å²) in [5.74, 6) is 0. The highest BCUT2D eigenvalue weighted by Gasteiger charge is 2.18. The smallest absolute Gasteiger partial charge is 0.137 e. The Kier molecular flexibility index (Phi) is 7.85. The zero-order chi connectivity index (χ0) is 35.8. The van der Waals surface area contributed by atoms with Crippen LogP contribution in [0.15, 0.2) is 205 Å². The molecule has 254 valence electrons. The molecule has 0 radical (unpaired) electrons. The summed E-state index contributed by atoms with van der Waals surface area (Å²) in [6, 6.07) is 71.2. The van der Waals surface area contributed by atoms with Crippen LogP contribution in [-0.2, 0) is 0 Å². The molecule has 0 atom stereocenters. The van der Waals surface area contributed by atoms with Gasteiger partial charge in [-0.1, -0.05) is 158 Å². The van der Waals surface area contributed by atoms with E-state index in [4.69, 9.17) is 4.42 Å². The Labute approximate surface area is 314 Å². The van der Waals surface area contributed by atoms with Gasteiger partial charge in [0.05, 0.1) is 0 Å². The Bertz CT molecular complexity index is 2920. The summed E-state index contributed by atoms with van der Waals surface area (Å²) in [7, 11) is 0. The van der Waals surface area contributed by atoms with E-state index in [9.17, 15) is 0 Å². The van der Waals surface area contributed by atoms with E-state index in [0.29, 0.717) is 0 Å². The van der Waals surface area contributed by atoms with Crippen molar-refractivity contribution in [1.29, 1.82) is 0 Å². The molecule has 0 aliphatic rings. The molecule has 0 saturated carbocycles. The van der Waals surface area contributed by atoms with Crippen LogP contribution in [0.5, 0.6) is 0 Å². The molecule has 1 heterocycles. The van der Waals surface area contributed by atoms with Crippen molar-refractivity contribution in [3.05, 3.63) is 211 Å². The molecule has 2 heteroatoms.